The number of aromatic nitrogens is 5. The van der Waals surface area contributed by atoms with Crippen molar-refractivity contribution in [3.05, 3.63) is 264 Å². The van der Waals surface area contributed by atoms with Crippen LogP contribution >= 0.6 is 0 Å². The second-order valence-corrected chi connectivity index (χ2v) is 24.0. The summed E-state index contributed by atoms with van der Waals surface area (Å²) in [7, 11) is 10.4. The van der Waals surface area contributed by atoms with Crippen LogP contribution in [0.2, 0.25) is 0 Å². The smallest absolute Gasteiger partial charge is 0.199 e. The van der Waals surface area contributed by atoms with Crippen molar-refractivity contribution in [2.45, 2.75) is 138 Å². The summed E-state index contributed by atoms with van der Waals surface area (Å²) in [4.78, 5) is 0. The van der Waals surface area contributed by atoms with E-state index in [1.807, 2.05) is 32.2 Å². The van der Waals surface area contributed by atoms with Crippen LogP contribution in [0.4, 0.5) is 0 Å². The molecule has 0 spiro atoms. The summed E-state index contributed by atoms with van der Waals surface area (Å²) in [6.07, 6.45) is 0. The lowest BCUT2D eigenvalue weighted by Gasteiger charge is -2.11. The largest absolute Gasteiger partial charge is 0.215 e. The summed E-state index contributed by atoms with van der Waals surface area (Å²) in [6.45, 7) is 38.7. The van der Waals surface area contributed by atoms with E-state index >= 15 is 0 Å². The summed E-state index contributed by atoms with van der Waals surface area (Å²) in [5.74, 6) is 0. The number of benzene rings is 5. The highest BCUT2D eigenvalue weighted by molar-refractivity contribution is 5.70. The molecule has 10 rings (SSSR count). The molecule has 5 aromatic heterocycles. The Morgan fingerprint density at radius 2 is 0.576 bits per heavy atom. The molecule has 0 atom stereocenters. The molecule has 10 aromatic rings. The van der Waals surface area contributed by atoms with Gasteiger partial charge in [0.25, 0.3) is 0 Å². The summed E-state index contributed by atoms with van der Waals surface area (Å²) in [6, 6.07) is 53.6. The maximum atomic E-state index is 7.68. The van der Waals surface area contributed by atoms with Gasteiger partial charge in [0.2, 0.25) is 28.5 Å². The van der Waals surface area contributed by atoms with Crippen molar-refractivity contribution in [2.75, 3.05) is 0 Å². The molecule has 0 unspecified atom stereocenters. The number of aryl methyl sites for hydroxylation is 18. The van der Waals surface area contributed by atoms with E-state index in [1.54, 1.807) is 10.6 Å². The van der Waals surface area contributed by atoms with Gasteiger partial charge < -0.3 is 0 Å². The van der Waals surface area contributed by atoms with Crippen molar-refractivity contribution in [1.82, 2.24) is 0 Å². The van der Waals surface area contributed by atoms with Crippen LogP contribution in [-0.2, 0) is 35.2 Å². The van der Waals surface area contributed by atoms with Gasteiger partial charge in [-0.3, -0.25) is 0 Å². The van der Waals surface area contributed by atoms with Crippen molar-refractivity contribution >= 4 is 0 Å². The van der Waals surface area contributed by atoms with Crippen molar-refractivity contribution < 1.29 is 26.9 Å². The molecule has 0 saturated heterocycles. The molecule has 5 heterocycles. The molecule has 0 aliphatic carbocycles. The van der Waals surface area contributed by atoms with Crippen molar-refractivity contribution in [2.24, 2.45) is 35.2 Å². The lowest BCUT2D eigenvalue weighted by atomic mass is 9.96. The fourth-order valence-corrected chi connectivity index (χ4v) is 11.5. The first kappa shape index (κ1) is 61.4. The monoisotopic (exact) mass is 1130 g/mol. The zero-order chi connectivity index (χ0) is 65.4. The number of pyridine rings is 5. The Hall–Kier alpha value is -8.15. The lowest BCUT2D eigenvalue weighted by molar-refractivity contribution is -0.667. The third-order valence-corrected chi connectivity index (χ3v) is 17.4. The van der Waals surface area contributed by atoms with E-state index in [0.717, 1.165) is 16.8 Å². The molecule has 0 N–H and O–H groups in total. The van der Waals surface area contributed by atoms with Crippen LogP contribution < -0.4 is 22.8 Å². The van der Waals surface area contributed by atoms with Crippen LogP contribution in [0.5, 0.6) is 0 Å². The SMILES string of the molecule is Cc1cc(C)[n+](C)c(-c2cccc(C)c2C)c1.Cc1ccc(C)c(-c2c(C)ccc(C)[n+]2C)c1.Cc1cccc(C)c1-c1c(C)ccc(C)[n+]1C.Cc1cccc(C)c1-c1c(C)ccc(C)[n+]1C.[2H]C([2H])([2H])c1cc(C)cc(-c2cccc(C)c2C)[n+]1C. The van der Waals surface area contributed by atoms with Gasteiger partial charge in [0, 0.05) is 115 Å². The normalized spacial score (nSPS) is 11.3. The zero-order valence-electron chi connectivity index (χ0n) is 59.2. The van der Waals surface area contributed by atoms with Crippen LogP contribution in [0, 0.1) is 138 Å². The van der Waals surface area contributed by atoms with E-state index in [2.05, 4.69) is 298 Å². The third kappa shape index (κ3) is 15.4. The Morgan fingerprint density at radius 1 is 0.247 bits per heavy atom. The molecule has 5 aromatic carbocycles. The van der Waals surface area contributed by atoms with Gasteiger partial charge in [-0.25, -0.2) is 0 Å². The van der Waals surface area contributed by atoms with Crippen LogP contribution in [-0.4, -0.2) is 0 Å². The van der Waals surface area contributed by atoms with E-state index in [0.29, 0.717) is 5.69 Å². The minimum Gasteiger partial charge on any atom is -0.199 e. The first-order valence-electron chi connectivity index (χ1n) is 31.5. The zero-order valence-corrected chi connectivity index (χ0v) is 56.2. The molecule has 85 heavy (non-hydrogen) atoms. The highest BCUT2D eigenvalue weighted by Gasteiger charge is 2.23. The number of hydrogen-bond acceptors (Lipinski definition) is 0. The van der Waals surface area contributed by atoms with E-state index in [1.165, 1.54) is 146 Å². The summed E-state index contributed by atoms with van der Waals surface area (Å²) in [5.41, 5.74) is 37.6. The molecule has 0 saturated carbocycles. The maximum Gasteiger partial charge on any atom is 0.215 e. The van der Waals surface area contributed by atoms with Crippen LogP contribution in [0.25, 0.3) is 56.3 Å². The summed E-state index contributed by atoms with van der Waals surface area (Å²) >= 11 is 0. The van der Waals surface area contributed by atoms with Gasteiger partial charge in [0.1, 0.15) is 35.2 Å². The van der Waals surface area contributed by atoms with Gasteiger partial charge in [-0.2, -0.15) is 22.8 Å². The molecular weight excluding hydrogens is 1030 g/mol. The minimum absolute atomic E-state index is 0.369. The topological polar surface area (TPSA) is 19.4 Å². The number of hydrogen-bond donors (Lipinski definition) is 0. The van der Waals surface area contributed by atoms with E-state index < -0.39 is 6.85 Å². The second-order valence-electron chi connectivity index (χ2n) is 24.0. The van der Waals surface area contributed by atoms with Crippen LogP contribution in [0.1, 0.15) is 116 Å². The van der Waals surface area contributed by atoms with Gasteiger partial charge in [-0.1, -0.05) is 78.4 Å². The second kappa shape index (κ2) is 28.6. The van der Waals surface area contributed by atoms with Crippen molar-refractivity contribution in [3.63, 3.8) is 0 Å². The fourth-order valence-electron chi connectivity index (χ4n) is 11.5. The predicted molar refractivity (Wildman–Crippen MR) is 360 cm³/mol. The van der Waals surface area contributed by atoms with Gasteiger partial charge in [0.05, 0.1) is 11.1 Å². The minimum atomic E-state index is -2.10. The fraction of sp³-hybridized carbons (Fsp3) is 0.312. The molecule has 5 heteroatoms. The Labute approximate surface area is 517 Å². The summed E-state index contributed by atoms with van der Waals surface area (Å²) < 4.78 is 33.9. The highest BCUT2D eigenvalue weighted by atomic mass is 15.0. The molecule has 440 valence electrons. The summed E-state index contributed by atoms with van der Waals surface area (Å²) in [5, 5.41) is 0. The maximum absolute atomic E-state index is 7.68. The predicted octanol–water partition coefficient (Wildman–Crippen LogP) is 17.1. The van der Waals surface area contributed by atoms with E-state index in [9.17, 15) is 0 Å². The molecule has 5 nitrogen and oxygen atoms in total. The Kier molecular flexibility index (Phi) is 20.7. The van der Waals surface area contributed by atoms with Gasteiger partial charge in [0.15, 0.2) is 28.5 Å². The quantitative estimate of drug-likeness (QED) is 0.153. The van der Waals surface area contributed by atoms with Gasteiger partial charge >= 0.3 is 0 Å². The van der Waals surface area contributed by atoms with Crippen LogP contribution in [0.15, 0.2) is 152 Å². The van der Waals surface area contributed by atoms with Gasteiger partial charge in [-0.15, -0.1) is 0 Å². The Morgan fingerprint density at radius 3 is 0.976 bits per heavy atom. The van der Waals surface area contributed by atoms with Gasteiger partial charge in [-0.05, 0) is 201 Å². The van der Waals surface area contributed by atoms with E-state index in [-0.39, 0.29) is 0 Å². The third-order valence-electron chi connectivity index (χ3n) is 17.4. The number of rotatable bonds is 5. The molecule has 0 radical (unpaired) electrons. The van der Waals surface area contributed by atoms with Crippen molar-refractivity contribution in [1.29, 1.82) is 0 Å². The molecule has 0 aliphatic heterocycles. The standard InChI is InChI=1S/5C16H20N/c1-11-6-7-12(2)15(10-11)16-13(3)8-9-14(4)17(16)5;2*1-11-9-13(3)17(5)16(10-11)15-8-6-7-12(2)14(15)4;2*1-11-7-6-8-12(2)15(11)16-13(3)9-10-14(4)17(16)5/h5*6-10H,1-5H3/q5*+1/i;3D3;;;. The molecule has 0 amide bonds. The average molecular weight is 1130 g/mol. The first-order valence-corrected chi connectivity index (χ1v) is 30.0. The average Bonchev–Trinajstić information content (AvgIpc) is 2.66. The van der Waals surface area contributed by atoms with E-state index in [4.69, 9.17) is 4.11 Å². The lowest BCUT2D eigenvalue weighted by Crippen LogP contribution is -2.35. The number of nitrogens with zero attached hydrogens (tertiary/aromatic N) is 5. The molecule has 0 bridgehead atoms. The molecule has 0 fully saturated rings. The molecular formula is C80H100N5+5. The van der Waals surface area contributed by atoms with Crippen LogP contribution in [0.3, 0.4) is 0 Å². The van der Waals surface area contributed by atoms with Crippen molar-refractivity contribution in [3.8, 4) is 56.3 Å². The highest BCUT2D eigenvalue weighted by Crippen LogP contribution is 2.30. The molecule has 0 aliphatic rings. The Balaban J connectivity index is 0.000000176. The first-order chi connectivity index (χ1) is 41.3. The Bertz CT molecular complexity index is 4040.